The number of fused-ring (bicyclic) bond motifs is 1. The van der Waals surface area contributed by atoms with Gasteiger partial charge >= 0.3 is 0 Å². The van der Waals surface area contributed by atoms with Gasteiger partial charge < -0.3 is 10.7 Å². The molecule has 2 heterocycles. The molecule has 2 amide bonds. The molecule has 4 N–H and O–H groups in total. The predicted octanol–water partition coefficient (Wildman–Crippen LogP) is 3.43. The molecule has 0 atom stereocenters. The number of nitrogens with two attached hydrogens (primary N) is 1. The lowest BCUT2D eigenvalue weighted by Gasteiger charge is -2.01. The van der Waals surface area contributed by atoms with Gasteiger partial charge in [-0.05, 0) is 44.0 Å². The van der Waals surface area contributed by atoms with Crippen LogP contribution in [0.15, 0.2) is 32.7 Å². The summed E-state index contributed by atoms with van der Waals surface area (Å²) in [6, 6.07) is 3.76. The average Bonchev–Trinajstić information content (AvgIpc) is 3.06. The molecule has 3 rings (SSSR count). The summed E-state index contributed by atoms with van der Waals surface area (Å²) in [6.07, 6.45) is 1.71. The number of carbonyl (C=O) groups is 2. The van der Waals surface area contributed by atoms with Crippen LogP contribution in [0.2, 0.25) is 0 Å². The fourth-order valence-electron chi connectivity index (χ4n) is 2.09. The zero-order chi connectivity index (χ0) is 16.6. The number of benzene rings is 1. The number of carbonyl (C=O) groups excluding carboxylic acids is 2. The summed E-state index contributed by atoms with van der Waals surface area (Å²) < 4.78 is 1.76. The van der Waals surface area contributed by atoms with Crippen molar-refractivity contribution in [2.24, 2.45) is 5.73 Å². The summed E-state index contributed by atoms with van der Waals surface area (Å²) >= 11 is 8.11. The number of aromatic amines is 1. The number of aromatic nitrogens is 2. The average molecular weight is 458 g/mol. The number of primary amides is 1. The topological polar surface area (TPSA) is 101 Å². The van der Waals surface area contributed by atoms with Crippen LogP contribution in [0.1, 0.15) is 16.1 Å². The second-order valence-electron chi connectivity index (χ2n) is 4.76. The Kier molecular flexibility index (Phi) is 4.51. The molecule has 0 aliphatic heterocycles. The highest BCUT2D eigenvalue weighted by Crippen LogP contribution is 2.30. The monoisotopic (exact) mass is 456 g/mol. The number of amides is 2. The first-order valence-electron chi connectivity index (χ1n) is 6.44. The Labute approximate surface area is 151 Å². The van der Waals surface area contributed by atoms with Crippen molar-refractivity contribution in [1.82, 2.24) is 9.97 Å². The maximum atomic E-state index is 12.4. The van der Waals surface area contributed by atoms with Crippen LogP contribution in [0.5, 0.6) is 0 Å². The Morgan fingerprint density at radius 1 is 1.30 bits per heavy atom. The number of H-pyrrole nitrogens is 1. The number of anilines is 1. The summed E-state index contributed by atoms with van der Waals surface area (Å²) in [4.78, 5) is 30.5. The molecule has 23 heavy (non-hydrogen) atoms. The van der Waals surface area contributed by atoms with Gasteiger partial charge in [-0.15, -0.1) is 11.3 Å². The van der Waals surface area contributed by atoms with Crippen LogP contribution in [-0.4, -0.2) is 21.8 Å². The second kappa shape index (κ2) is 6.42. The molecule has 0 saturated heterocycles. The molecule has 118 valence electrons. The molecule has 0 unspecified atom stereocenters. The predicted molar refractivity (Wildman–Crippen MR) is 96.7 cm³/mol. The molecule has 0 aliphatic rings. The van der Waals surface area contributed by atoms with E-state index in [-0.39, 0.29) is 12.3 Å². The Morgan fingerprint density at radius 3 is 2.78 bits per heavy atom. The molecule has 9 heteroatoms. The third-order valence-electron chi connectivity index (χ3n) is 3.09. The summed E-state index contributed by atoms with van der Waals surface area (Å²) in [5, 5.41) is 5.66. The van der Waals surface area contributed by atoms with Gasteiger partial charge in [-0.1, -0.05) is 0 Å². The van der Waals surface area contributed by atoms with Gasteiger partial charge in [0.1, 0.15) is 0 Å². The molecular formula is C14H10Br2N4O2S. The Morgan fingerprint density at radius 2 is 2.04 bits per heavy atom. The molecule has 0 spiro atoms. The van der Waals surface area contributed by atoms with Gasteiger partial charge in [0.05, 0.1) is 17.7 Å². The lowest BCUT2D eigenvalue weighted by Crippen LogP contribution is -2.14. The third-order valence-corrected chi connectivity index (χ3v) is 5.75. The zero-order valence-corrected chi connectivity index (χ0v) is 15.5. The molecular weight excluding hydrogens is 448 g/mol. The summed E-state index contributed by atoms with van der Waals surface area (Å²) in [6.45, 7) is 0. The van der Waals surface area contributed by atoms with Crippen LogP contribution in [0.3, 0.4) is 0 Å². The number of hydrogen-bond acceptors (Lipinski definition) is 4. The number of halogens is 2. The van der Waals surface area contributed by atoms with E-state index in [2.05, 4.69) is 47.1 Å². The van der Waals surface area contributed by atoms with E-state index >= 15 is 0 Å². The van der Waals surface area contributed by atoms with E-state index in [0.717, 1.165) is 19.8 Å². The number of rotatable bonds is 4. The fraction of sp³-hybridized carbons (Fsp3) is 0.0714. The van der Waals surface area contributed by atoms with E-state index in [0.29, 0.717) is 16.4 Å². The summed E-state index contributed by atoms with van der Waals surface area (Å²) in [5.74, 6) is -0.731. The van der Waals surface area contributed by atoms with E-state index in [9.17, 15) is 9.59 Å². The Balaban J connectivity index is 1.85. The van der Waals surface area contributed by atoms with Gasteiger partial charge in [-0.25, -0.2) is 4.98 Å². The fourth-order valence-corrected chi connectivity index (χ4v) is 3.49. The maximum absolute atomic E-state index is 12.4. The van der Waals surface area contributed by atoms with E-state index in [1.165, 1.54) is 11.3 Å². The second-order valence-corrected chi connectivity index (χ2v) is 7.32. The summed E-state index contributed by atoms with van der Waals surface area (Å²) in [7, 11) is 0. The molecule has 0 fully saturated rings. The SMILES string of the molecule is NC(=O)Cc1csc(NC(=O)c2c[nH]c3cc(Br)c(Br)cc23)n1. The standard InChI is InChI=1S/C14H10Br2N4O2S/c15-9-2-7-8(4-18-11(7)3-10(9)16)13(22)20-14-19-6(5-23-14)1-12(17)21/h2-5,18H,1H2,(H2,17,21)(H,19,20,22). The Bertz CT molecular complexity index is 919. The van der Waals surface area contributed by atoms with Gasteiger partial charge in [0.15, 0.2) is 5.13 Å². The molecule has 6 nitrogen and oxygen atoms in total. The van der Waals surface area contributed by atoms with Crippen molar-refractivity contribution in [3.8, 4) is 0 Å². The minimum absolute atomic E-state index is 0.0560. The third kappa shape index (κ3) is 3.46. The number of hydrogen-bond donors (Lipinski definition) is 3. The van der Waals surface area contributed by atoms with Crippen molar-refractivity contribution < 1.29 is 9.59 Å². The van der Waals surface area contributed by atoms with E-state index < -0.39 is 5.91 Å². The molecule has 0 radical (unpaired) electrons. The maximum Gasteiger partial charge on any atom is 0.259 e. The highest BCUT2D eigenvalue weighted by Gasteiger charge is 2.15. The van der Waals surface area contributed by atoms with Gasteiger partial charge in [0.25, 0.3) is 5.91 Å². The van der Waals surface area contributed by atoms with Crippen molar-refractivity contribution in [3.63, 3.8) is 0 Å². The smallest absolute Gasteiger partial charge is 0.259 e. The molecule has 0 bridgehead atoms. The largest absolute Gasteiger partial charge is 0.369 e. The molecule has 0 saturated carbocycles. The number of thiazole rings is 1. The first-order chi connectivity index (χ1) is 10.9. The molecule has 1 aromatic carbocycles. The first kappa shape index (κ1) is 16.2. The van der Waals surface area contributed by atoms with Crippen molar-refractivity contribution in [3.05, 3.63) is 43.9 Å². The van der Waals surface area contributed by atoms with Crippen molar-refractivity contribution in [2.75, 3.05) is 5.32 Å². The van der Waals surface area contributed by atoms with E-state index in [4.69, 9.17) is 5.73 Å². The normalized spacial score (nSPS) is 10.9. The summed E-state index contributed by atoms with van der Waals surface area (Å²) in [5.41, 5.74) is 7.03. The molecule has 0 aliphatic carbocycles. The van der Waals surface area contributed by atoms with Crippen LogP contribution < -0.4 is 11.1 Å². The van der Waals surface area contributed by atoms with Crippen molar-refractivity contribution >= 4 is 71.0 Å². The van der Waals surface area contributed by atoms with E-state index in [1.807, 2.05) is 12.1 Å². The Hall–Kier alpha value is -1.71. The first-order valence-corrected chi connectivity index (χ1v) is 8.91. The van der Waals surface area contributed by atoms with Gasteiger partial charge in [0, 0.05) is 31.4 Å². The lowest BCUT2D eigenvalue weighted by molar-refractivity contribution is -0.117. The van der Waals surface area contributed by atoms with Gasteiger partial charge in [0.2, 0.25) is 5.91 Å². The van der Waals surface area contributed by atoms with Crippen molar-refractivity contribution in [2.45, 2.75) is 6.42 Å². The van der Waals surface area contributed by atoms with Crippen LogP contribution in [-0.2, 0) is 11.2 Å². The molecule has 2 aromatic heterocycles. The minimum atomic E-state index is -0.458. The van der Waals surface area contributed by atoms with E-state index in [1.54, 1.807) is 11.6 Å². The highest BCUT2D eigenvalue weighted by molar-refractivity contribution is 9.13. The number of nitrogens with zero attached hydrogens (tertiary/aromatic N) is 1. The van der Waals surface area contributed by atoms with Gasteiger partial charge in [-0.2, -0.15) is 0 Å². The van der Waals surface area contributed by atoms with Crippen molar-refractivity contribution in [1.29, 1.82) is 0 Å². The van der Waals surface area contributed by atoms with Gasteiger partial charge in [-0.3, -0.25) is 14.9 Å². The van der Waals surface area contributed by atoms with Crippen LogP contribution in [0, 0.1) is 0 Å². The van der Waals surface area contributed by atoms with Crippen LogP contribution >= 0.6 is 43.2 Å². The number of nitrogens with one attached hydrogen (secondary N) is 2. The molecule has 3 aromatic rings. The zero-order valence-electron chi connectivity index (χ0n) is 11.5. The quantitative estimate of drug-likeness (QED) is 0.559. The van der Waals surface area contributed by atoms with Crippen LogP contribution in [0.4, 0.5) is 5.13 Å². The minimum Gasteiger partial charge on any atom is -0.369 e. The lowest BCUT2D eigenvalue weighted by atomic mass is 10.1. The highest BCUT2D eigenvalue weighted by atomic mass is 79.9. The van der Waals surface area contributed by atoms with Crippen LogP contribution in [0.25, 0.3) is 10.9 Å².